The molecule has 2 atom stereocenters. The van der Waals surface area contributed by atoms with Gasteiger partial charge in [-0.3, -0.25) is 9.59 Å². The van der Waals surface area contributed by atoms with Crippen LogP contribution >= 0.6 is 0 Å². The van der Waals surface area contributed by atoms with Crippen molar-refractivity contribution in [2.24, 2.45) is 0 Å². The summed E-state index contributed by atoms with van der Waals surface area (Å²) >= 11 is 0. The van der Waals surface area contributed by atoms with Gasteiger partial charge in [-0.1, -0.05) is 378 Å². The van der Waals surface area contributed by atoms with Crippen molar-refractivity contribution in [1.29, 1.82) is 0 Å². The molecular formula is C80H153NO5. The van der Waals surface area contributed by atoms with E-state index in [4.69, 9.17) is 4.74 Å². The number of esters is 1. The van der Waals surface area contributed by atoms with Crippen LogP contribution in [0.25, 0.3) is 0 Å². The molecule has 0 aliphatic rings. The van der Waals surface area contributed by atoms with Gasteiger partial charge < -0.3 is 20.3 Å². The van der Waals surface area contributed by atoms with E-state index in [0.29, 0.717) is 25.9 Å². The number of rotatable bonds is 74. The minimum atomic E-state index is -0.667. The van der Waals surface area contributed by atoms with Crippen LogP contribution in [0.5, 0.6) is 0 Å². The molecule has 0 heterocycles. The predicted molar refractivity (Wildman–Crippen MR) is 379 cm³/mol. The van der Waals surface area contributed by atoms with Crippen molar-refractivity contribution in [2.75, 3.05) is 13.2 Å². The third-order valence-electron chi connectivity index (χ3n) is 18.4. The Morgan fingerprint density at radius 3 is 0.895 bits per heavy atom. The Balaban J connectivity index is 3.40. The fraction of sp³-hybridized carbons (Fsp3) is 0.900. The molecule has 0 aliphatic carbocycles. The molecule has 0 spiro atoms. The molecule has 6 heteroatoms. The van der Waals surface area contributed by atoms with Gasteiger partial charge in [0.15, 0.2) is 0 Å². The summed E-state index contributed by atoms with van der Waals surface area (Å²) in [6.07, 6.45) is 97.9. The van der Waals surface area contributed by atoms with Gasteiger partial charge in [0.05, 0.1) is 25.4 Å². The minimum Gasteiger partial charge on any atom is -0.466 e. The van der Waals surface area contributed by atoms with Crippen molar-refractivity contribution in [3.63, 3.8) is 0 Å². The van der Waals surface area contributed by atoms with Gasteiger partial charge in [-0.05, 0) is 83.5 Å². The molecule has 2 unspecified atom stereocenters. The molecule has 0 radical (unpaired) electrons. The molecule has 0 saturated carbocycles. The fourth-order valence-electron chi connectivity index (χ4n) is 12.4. The van der Waals surface area contributed by atoms with Gasteiger partial charge in [0.1, 0.15) is 0 Å². The minimum absolute atomic E-state index is 0.00999. The second-order valence-corrected chi connectivity index (χ2v) is 27.0. The smallest absolute Gasteiger partial charge is 0.305 e. The van der Waals surface area contributed by atoms with E-state index in [0.717, 1.165) is 51.4 Å². The second kappa shape index (κ2) is 75.5. The summed E-state index contributed by atoms with van der Waals surface area (Å²) < 4.78 is 5.50. The molecule has 6 nitrogen and oxygen atoms in total. The van der Waals surface area contributed by atoms with Crippen molar-refractivity contribution < 1.29 is 24.5 Å². The van der Waals surface area contributed by atoms with E-state index in [1.165, 1.54) is 353 Å². The van der Waals surface area contributed by atoms with Gasteiger partial charge in [0, 0.05) is 12.8 Å². The van der Waals surface area contributed by atoms with E-state index in [-0.39, 0.29) is 18.5 Å². The molecular weight excluding hydrogens is 1050 g/mol. The maximum Gasteiger partial charge on any atom is 0.305 e. The Bertz CT molecular complexity index is 1390. The number of unbranched alkanes of at least 4 members (excludes halogenated alkanes) is 57. The van der Waals surface area contributed by atoms with Gasteiger partial charge in [0.2, 0.25) is 5.91 Å². The molecule has 0 rings (SSSR count). The van der Waals surface area contributed by atoms with Crippen LogP contribution in [0, 0.1) is 0 Å². The molecule has 0 aromatic rings. The maximum atomic E-state index is 12.6. The van der Waals surface area contributed by atoms with Crippen molar-refractivity contribution in [3.8, 4) is 0 Å². The zero-order valence-electron chi connectivity index (χ0n) is 58.3. The number of amides is 1. The summed E-state index contributed by atoms with van der Waals surface area (Å²) in [5.41, 5.74) is 0. The standard InChI is InChI=1S/C80H153NO5/c1-3-5-7-9-11-13-15-17-19-21-23-24-34-37-40-44-48-52-56-60-64-68-72-78(83)77(76-82)81-79(84)73-69-65-61-57-53-49-45-41-38-35-32-30-28-26-25-27-29-31-33-36-39-43-47-51-55-59-63-67-71-75-86-80(85)74-70-66-62-58-54-50-46-42-22-20-18-16-14-12-10-8-6-4-2/h20,22,25,27,31,33,77-78,82-83H,3-19,21,23-24,26,28-30,32,34-76H2,1-2H3,(H,81,84)/b22-20-,27-25-,33-31-. The normalized spacial score (nSPS) is 12.7. The molecule has 508 valence electrons. The molecule has 0 aromatic heterocycles. The summed E-state index contributed by atoms with van der Waals surface area (Å²) in [7, 11) is 0. The third-order valence-corrected chi connectivity index (χ3v) is 18.4. The number of allylic oxidation sites excluding steroid dienone is 6. The van der Waals surface area contributed by atoms with E-state index in [1.807, 2.05) is 0 Å². The van der Waals surface area contributed by atoms with Crippen LogP contribution in [-0.4, -0.2) is 47.4 Å². The Labute approximate surface area is 538 Å². The molecule has 0 bridgehead atoms. The number of aliphatic hydroxyl groups excluding tert-OH is 2. The van der Waals surface area contributed by atoms with Crippen molar-refractivity contribution in [1.82, 2.24) is 5.32 Å². The lowest BCUT2D eigenvalue weighted by Gasteiger charge is -2.22. The average molecular weight is 1210 g/mol. The van der Waals surface area contributed by atoms with Gasteiger partial charge in [-0.2, -0.15) is 0 Å². The van der Waals surface area contributed by atoms with Crippen LogP contribution in [0.15, 0.2) is 36.5 Å². The number of carbonyl (C=O) groups is 2. The summed E-state index contributed by atoms with van der Waals surface area (Å²) in [4.78, 5) is 24.7. The van der Waals surface area contributed by atoms with Crippen LogP contribution in [0.2, 0.25) is 0 Å². The monoisotopic (exact) mass is 1210 g/mol. The number of carbonyl (C=O) groups excluding carboxylic acids is 2. The summed E-state index contributed by atoms with van der Waals surface area (Å²) in [6.45, 7) is 4.99. The molecule has 0 aromatic carbocycles. The zero-order valence-corrected chi connectivity index (χ0v) is 58.3. The van der Waals surface area contributed by atoms with Crippen LogP contribution in [-0.2, 0) is 14.3 Å². The van der Waals surface area contributed by atoms with Gasteiger partial charge in [-0.15, -0.1) is 0 Å². The first-order valence-electron chi connectivity index (χ1n) is 39.2. The third kappa shape index (κ3) is 71.2. The lowest BCUT2D eigenvalue weighted by Crippen LogP contribution is -2.45. The zero-order chi connectivity index (χ0) is 62.0. The lowest BCUT2D eigenvalue weighted by molar-refractivity contribution is -0.143. The molecule has 0 fully saturated rings. The second-order valence-electron chi connectivity index (χ2n) is 27.0. The molecule has 1 amide bonds. The molecule has 0 aliphatic heterocycles. The summed E-state index contributed by atoms with van der Waals surface area (Å²) in [5.74, 6) is -0.0212. The number of aliphatic hydroxyl groups is 2. The van der Waals surface area contributed by atoms with Crippen LogP contribution in [0.4, 0.5) is 0 Å². The number of hydrogen-bond donors (Lipinski definition) is 3. The van der Waals surface area contributed by atoms with E-state index in [9.17, 15) is 19.8 Å². The molecule has 0 saturated heterocycles. The Morgan fingerprint density at radius 2 is 0.581 bits per heavy atom. The first-order valence-corrected chi connectivity index (χ1v) is 39.2. The van der Waals surface area contributed by atoms with Gasteiger partial charge >= 0.3 is 5.97 Å². The van der Waals surface area contributed by atoms with Crippen LogP contribution in [0.1, 0.15) is 438 Å². The topological polar surface area (TPSA) is 95.9 Å². The Hall–Kier alpha value is -1.92. The largest absolute Gasteiger partial charge is 0.466 e. The van der Waals surface area contributed by atoms with E-state index >= 15 is 0 Å². The fourth-order valence-corrected chi connectivity index (χ4v) is 12.4. The van der Waals surface area contributed by atoms with E-state index in [1.54, 1.807) is 0 Å². The van der Waals surface area contributed by atoms with Gasteiger partial charge in [0.25, 0.3) is 0 Å². The Morgan fingerprint density at radius 1 is 0.326 bits per heavy atom. The highest BCUT2D eigenvalue weighted by Gasteiger charge is 2.20. The first kappa shape index (κ1) is 84.1. The van der Waals surface area contributed by atoms with Crippen molar-refractivity contribution >= 4 is 11.9 Å². The van der Waals surface area contributed by atoms with Gasteiger partial charge in [-0.25, -0.2) is 0 Å². The summed E-state index contributed by atoms with van der Waals surface area (Å²) in [5, 5.41) is 23.5. The Kier molecular flexibility index (Phi) is 73.9. The number of nitrogens with one attached hydrogen (secondary N) is 1. The van der Waals surface area contributed by atoms with Crippen molar-refractivity contribution in [3.05, 3.63) is 36.5 Å². The highest BCUT2D eigenvalue weighted by atomic mass is 16.5. The summed E-state index contributed by atoms with van der Waals surface area (Å²) in [6, 6.07) is -0.544. The maximum absolute atomic E-state index is 12.6. The predicted octanol–water partition coefficient (Wildman–Crippen LogP) is 25.8. The lowest BCUT2D eigenvalue weighted by atomic mass is 10.0. The SMILES string of the molecule is CCCCCCCCC/C=C\CCCCCCCCCC(=O)OCCCCCCCCCCC/C=C\C/C=C\CCCCCCCCCCCCCCCC(=O)NC(CO)C(O)CCCCCCCCCCCCCCCCCCCCCCCC. The first-order chi connectivity index (χ1) is 42.5. The van der Waals surface area contributed by atoms with Crippen molar-refractivity contribution in [2.45, 2.75) is 450 Å². The number of hydrogen-bond acceptors (Lipinski definition) is 5. The average Bonchev–Trinajstić information content (AvgIpc) is 3.53. The quantitative estimate of drug-likeness (QED) is 0.0320. The number of ether oxygens (including phenoxy) is 1. The van der Waals surface area contributed by atoms with Crippen LogP contribution < -0.4 is 5.32 Å². The van der Waals surface area contributed by atoms with Crippen LogP contribution in [0.3, 0.4) is 0 Å². The molecule has 86 heavy (non-hydrogen) atoms. The van der Waals surface area contributed by atoms with E-state index in [2.05, 4.69) is 55.6 Å². The molecule has 3 N–H and O–H groups in total. The highest BCUT2D eigenvalue weighted by Crippen LogP contribution is 2.19. The van der Waals surface area contributed by atoms with E-state index < -0.39 is 12.1 Å². The highest BCUT2D eigenvalue weighted by molar-refractivity contribution is 5.76.